The van der Waals surface area contributed by atoms with Gasteiger partial charge in [0.15, 0.2) is 0 Å². The monoisotopic (exact) mass is 250 g/mol. The molecule has 0 saturated carbocycles. The lowest BCUT2D eigenvalue weighted by atomic mass is 10.1. The Morgan fingerprint density at radius 2 is 1.94 bits per heavy atom. The number of hydrogen-bond donors (Lipinski definition) is 1. The molecule has 0 saturated heterocycles. The van der Waals surface area contributed by atoms with Crippen molar-refractivity contribution in [1.29, 1.82) is 0 Å². The van der Waals surface area contributed by atoms with Crippen LogP contribution in [-0.2, 0) is 11.2 Å². The summed E-state index contributed by atoms with van der Waals surface area (Å²) in [5.41, 5.74) is 7.32. The van der Waals surface area contributed by atoms with Crippen LogP contribution in [0.5, 0.6) is 0 Å². The third-order valence-corrected chi connectivity index (χ3v) is 2.81. The third-order valence-electron chi connectivity index (χ3n) is 2.58. The van der Waals surface area contributed by atoms with E-state index >= 15 is 0 Å². The number of nitrogens with zero attached hydrogens (tertiary/aromatic N) is 1. The lowest BCUT2D eigenvalue weighted by Crippen LogP contribution is -2.28. The van der Waals surface area contributed by atoms with Crippen molar-refractivity contribution in [3.63, 3.8) is 0 Å². The topological polar surface area (TPSA) is 46.3 Å². The Morgan fingerprint density at radius 3 is 2.41 bits per heavy atom. The molecule has 1 rings (SSSR count). The van der Waals surface area contributed by atoms with Gasteiger partial charge in [0.2, 0.25) is 5.91 Å². The quantitative estimate of drug-likeness (QED) is 0.810. The molecule has 0 fully saturated rings. The zero-order valence-electron chi connectivity index (χ0n) is 10.3. The van der Waals surface area contributed by atoms with E-state index in [1.54, 1.807) is 4.90 Å². The molecule has 0 aromatic heterocycles. The first kappa shape index (κ1) is 13.6. The summed E-state index contributed by atoms with van der Waals surface area (Å²) in [4.78, 5) is 13.9. The number of nitrogens with two attached hydrogens (primary N) is 1. The van der Waals surface area contributed by atoms with Crippen LogP contribution in [0.1, 0.15) is 24.5 Å². The second-order valence-corrected chi connectivity index (χ2v) is 4.49. The summed E-state index contributed by atoms with van der Waals surface area (Å²) >= 11 is 4.87. The summed E-state index contributed by atoms with van der Waals surface area (Å²) in [6, 6.07) is 7.49. The average molecular weight is 250 g/mol. The first-order valence-corrected chi connectivity index (χ1v) is 6.08. The van der Waals surface area contributed by atoms with Gasteiger partial charge in [0.05, 0.1) is 6.42 Å². The minimum atomic E-state index is 0.134. The molecule has 0 aliphatic rings. The predicted octanol–water partition coefficient (Wildman–Crippen LogP) is 1.73. The van der Waals surface area contributed by atoms with Gasteiger partial charge in [-0.3, -0.25) is 4.79 Å². The lowest BCUT2D eigenvalue weighted by molar-refractivity contribution is -0.129. The van der Waals surface area contributed by atoms with Crippen LogP contribution in [0.25, 0.3) is 0 Å². The van der Waals surface area contributed by atoms with Crippen LogP contribution >= 0.6 is 12.2 Å². The van der Waals surface area contributed by atoms with Crippen LogP contribution in [0.3, 0.4) is 0 Å². The molecule has 0 unspecified atom stereocenters. The fraction of sp³-hybridized carbons (Fsp3) is 0.385. The van der Waals surface area contributed by atoms with Crippen molar-refractivity contribution >= 4 is 23.1 Å². The van der Waals surface area contributed by atoms with Crippen molar-refractivity contribution in [3.8, 4) is 0 Å². The number of rotatable bonds is 5. The zero-order valence-corrected chi connectivity index (χ0v) is 11.1. The van der Waals surface area contributed by atoms with Gasteiger partial charge >= 0.3 is 0 Å². The van der Waals surface area contributed by atoms with E-state index in [1.807, 2.05) is 31.3 Å². The van der Waals surface area contributed by atoms with E-state index in [0.29, 0.717) is 11.4 Å². The van der Waals surface area contributed by atoms with Gasteiger partial charge in [-0.05, 0) is 12.0 Å². The summed E-state index contributed by atoms with van der Waals surface area (Å²) in [5, 5.41) is 0. The van der Waals surface area contributed by atoms with Gasteiger partial charge in [0.25, 0.3) is 0 Å². The van der Waals surface area contributed by atoms with E-state index in [1.165, 1.54) is 0 Å². The van der Waals surface area contributed by atoms with Crippen LogP contribution < -0.4 is 5.73 Å². The Morgan fingerprint density at radius 1 is 1.35 bits per heavy atom. The van der Waals surface area contributed by atoms with Gasteiger partial charge in [-0.15, -0.1) is 0 Å². The molecule has 2 N–H and O–H groups in total. The van der Waals surface area contributed by atoms with E-state index in [0.717, 1.165) is 24.1 Å². The molecule has 0 heterocycles. The van der Waals surface area contributed by atoms with Gasteiger partial charge in [-0.2, -0.15) is 0 Å². The van der Waals surface area contributed by atoms with E-state index in [-0.39, 0.29) is 5.91 Å². The number of amides is 1. The van der Waals surface area contributed by atoms with Gasteiger partial charge in [0, 0.05) is 19.2 Å². The summed E-state index contributed by atoms with van der Waals surface area (Å²) in [5.74, 6) is 0.134. The molecule has 1 amide bonds. The minimum absolute atomic E-state index is 0.134. The Bertz CT molecular complexity index is 400. The molecule has 0 aliphatic carbocycles. The second-order valence-electron chi connectivity index (χ2n) is 4.05. The summed E-state index contributed by atoms with van der Waals surface area (Å²) in [6.07, 6.45) is 1.40. The van der Waals surface area contributed by atoms with E-state index in [2.05, 4.69) is 6.92 Å². The van der Waals surface area contributed by atoms with Gasteiger partial charge in [0.1, 0.15) is 4.99 Å². The Balaban J connectivity index is 2.63. The van der Waals surface area contributed by atoms with Crippen molar-refractivity contribution in [2.75, 3.05) is 13.6 Å². The number of carbonyl (C=O) groups excluding carboxylic acids is 1. The lowest BCUT2D eigenvalue weighted by Gasteiger charge is -2.16. The van der Waals surface area contributed by atoms with Crippen LogP contribution in [0.4, 0.5) is 0 Å². The van der Waals surface area contributed by atoms with Gasteiger partial charge < -0.3 is 10.6 Å². The molecular weight excluding hydrogens is 232 g/mol. The summed E-state index contributed by atoms with van der Waals surface area (Å²) in [7, 11) is 1.83. The van der Waals surface area contributed by atoms with Crippen molar-refractivity contribution in [2.24, 2.45) is 5.73 Å². The fourth-order valence-electron chi connectivity index (χ4n) is 1.56. The van der Waals surface area contributed by atoms with Crippen molar-refractivity contribution in [2.45, 2.75) is 19.8 Å². The molecule has 92 valence electrons. The predicted molar refractivity (Wildman–Crippen MR) is 74.0 cm³/mol. The van der Waals surface area contributed by atoms with Crippen LogP contribution in [0.2, 0.25) is 0 Å². The van der Waals surface area contributed by atoms with E-state index < -0.39 is 0 Å². The summed E-state index contributed by atoms with van der Waals surface area (Å²) in [6.45, 7) is 2.85. The molecule has 1 aromatic rings. The molecule has 0 radical (unpaired) electrons. The largest absolute Gasteiger partial charge is 0.389 e. The van der Waals surface area contributed by atoms with Crippen molar-refractivity contribution in [1.82, 2.24) is 4.90 Å². The highest BCUT2D eigenvalue weighted by molar-refractivity contribution is 7.80. The maximum atomic E-state index is 11.8. The fourth-order valence-corrected chi connectivity index (χ4v) is 1.69. The number of hydrogen-bond acceptors (Lipinski definition) is 2. The van der Waals surface area contributed by atoms with Crippen LogP contribution in [0.15, 0.2) is 24.3 Å². The first-order chi connectivity index (χ1) is 8.04. The van der Waals surface area contributed by atoms with Crippen LogP contribution in [-0.4, -0.2) is 29.4 Å². The van der Waals surface area contributed by atoms with Gasteiger partial charge in [-0.1, -0.05) is 43.4 Å². The molecule has 17 heavy (non-hydrogen) atoms. The highest BCUT2D eigenvalue weighted by Crippen LogP contribution is 2.06. The second kappa shape index (κ2) is 6.35. The Labute approximate surface area is 108 Å². The molecule has 0 bridgehead atoms. The van der Waals surface area contributed by atoms with Crippen LogP contribution in [0, 0.1) is 0 Å². The van der Waals surface area contributed by atoms with Gasteiger partial charge in [-0.25, -0.2) is 0 Å². The number of carbonyl (C=O) groups is 1. The highest BCUT2D eigenvalue weighted by Gasteiger charge is 2.08. The highest BCUT2D eigenvalue weighted by atomic mass is 32.1. The molecule has 0 atom stereocenters. The van der Waals surface area contributed by atoms with Crippen molar-refractivity contribution in [3.05, 3.63) is 35.4 Å². The number of likely N-dealkylation sites (N-methyl/N-ethyl adjacent to an activating group) is 1. The zero-order chi connectivity index (χ0) is 12.8. The number of thiocarbonyl (C=S) groups is 1. The molecule has 4 heteroatoms. The molecule has 0 aliphatic heterocycles. The van der Waals surface area contributed by atoms with E-state index in [4.69, 9.17) is 18.0 Å². The maximum Gasteiger partial charge on any atom is 0.226 e. The molecule has 3 nitrogen and oxygen atoms in total. The molecular formula is C13H18N2OS. The first-order valence-electron chi connectivity index (χ1n) is 5.67. The van der Waals surface area contributed by atoms with Crippen molar-refractivity contribution < 1.29 is 4.79 Å². The smallest absolute Gasteiger partial charge is 0.226 e. The average Bonchev–Trinajstić information content (AvgIpc) is 2.30. The number of benzene rings is 1. The molecule has 0 spiro atoms. The minimum Gasteiger partial charge on any atom is -0.389 e. The van der Waals surface area contributed by atoms with E-state index in [9.17, 15) is 4.79 Å². The maximum absolute atomic E-state index is 11.8. The SMILES string of the molecule is CCCN(C)C(=O)Cc1ccc(C(N)=S)cc1. The normalized spacial score (nSPS) is 10.0. The Kier molecular flexibility index (Phi) is 5.10. The standard InChI is InChI=1S/C13H18N2OS/c1-3-8-15(2)12(16)9-10-4-6-11(7-5-10)13(14)17/h4-7H,3,8-9H2,1-2H3,(H2,14,17). The molecule has 1 aromatic carbocycles. The summed E-state index contributed by atoms with van der Waals surface area (Å²) < 4.78 is 0. The third kappa shape index (κ3) is 4.15. The Hall–Kier alpha value is -1.42.